The number of fused-ring (bicyclic) bond motifs is 2. The average molecular weight is 502 g/mol. The summed E-state index contributed by atoms with van der Waals surface area (Å²) in [4.78, 5) is 29.1. The van der Waals surface area contributed by atoms with E-state index < -0.39 is 12.0 Å². The van der Waals surface area contributed by atoms with E-state index in [2.05, 4.69) is 5.32 Å². The first-order chi connectivity index (χ1) is 18.5. The summed E-state index contributed by atoms with van der Waals surface area (Å²) in [5, 5.41) is 4.12. The number of anilines is 1. The van der Waals surface area contributed by atoms with Crippen LogP contribution in [0.4, 0.5) is 5.69 Å². The molecule has 0 saturated carbocycles. The second-order valence-corrected chi connectivity index (χ2v) is 9.57. The molecule has 0 aliphatic carbocycles. The Morgan fingerprint density at radius 1 is 0.763 bits per heavy atom. The zero-order valence-electron chi connectivity index (χ0n) is 21.2. The molecule has 1 aliphatic rings. The van der Waals surface area contributed by atoms with Crippen molar-refractivity contribution in [3.8, 4) is 11.5 Å². The zero-order valence-corrected chi connectivity index (χ0v) is 21.2. The smallest absolute Gasteiger partial charge is 0.254 e. The monoisotopic (exact) mass is 501 g/mol. The van der Waals surface area contributed by atoms with Gasteiger partial charge >= 0.3 is 0 Å². The maximum Gasteiger partial charge on any atom is 0.254 e. The lowest BCUT2D eigenvalue weighted by atomic mass is 9.79. The second kappa shape index (κ2) is 9.56. The third-order valence-electron chi connectivity index (χ3n) is 7.21. The SMILES string of the molecule is CN1C(=O)c2ccccc2C(C(=O)Nc2ccc(Oc3ccccc3)cc2)C1c1cn(C)c2ccccc12. The summed E-state index contributed by atoms with van der Waals surface area (Å²) in [6.07, 6.45) is 2.03. The number of hydrogen-bond acceptors (Lipinski definition) is 3. The summed E-state index contributed by atoms with van der Waals surface area (Å²) in [6, 6.07) is 31.9. The molecule has 6 heteroatoms. The number of amides is 2. The number of likely N-dealkylation sites (N-methyl/N-ethyl adjacent to an activating group) is 1. The number of benzene rings is 4. The summed E-state index contributed by atoms with van der Waals surface area (Å²) < 4.78 is 7.93. The number of nitrogens with zero attached hydrogens (tertiary/aromatic N) is 2. The summed E-state index contributed by atoms with van der Waals surface area (Å²) in [7, 11) is 3.76. The van der Waals surface area contributed by atoms with Gasteiger partial charge in [0.2, 0.25) is 5.91 Å². The number of para-hydroxylation sites is 2. The molecule has 38 heavy (non-hydrogen) atoms. The molecule has 6 nitrogen and oxygen atoms in total. The molecule has 0 saturated heterocycles. The summed E-state index contributed by atoms with van der Waals surface area (Å²) in [5.41, 5.74) is 3.94. The number of aromatic nitrogens is 1. The Hall–Kier alpha value is -4.84. The van der Waals surface area contributed by atoms with Gasteiger partial charge in [0.25, 0.3) is 5.91 Å². The Bertz CT molecular complexity index is 1640. The van der Waals surface area contributed by atoms with Crippen molar-refractivity contribution in [3.05, 3.63) is 126 Å². The van der Waals surface area contributed by atoms with Gasteiger partial charge in [0.1, 0.15) is 11.5 Å². The van der Waals surface area contributed by atoms with Crippen LogP contribution in [0.5, 0.6) is 11.5 Å². The van der Waals surface area contributed by atoms with Crippen LogP contribution in [-0.4, -0.2) is 28.3 Å². The lowest BCUT2D eigenvalue weighted by Gasteiger charge is -2.39. The van der Waals surface area contributed by atoms with Gasteiger partial charge in [-0.3, -0.25) is 9.59 Å². The van der Waals surface area contributed by atoms with Crippen LogP contribution in [-0.2, 0) is 11.8 Å². The van der Waals surface area contributed by atoms with Gasteiger partial charge in [-0.25, -0.2) is 0 Å². The van der Waals surface area contributed by atoms with Gasteiger partial charge in [-0.2, -0.15) is 0 Å². The molecule has 188 valence electrons. The van der Waals surface area contributed by atoms with Gasteiger partial charge < -0.3 is 19.5 Å². The Balaban J connectivity index is 1.36. The van der Waals surface area contributed by atoms with Crippen LogP contribution in [0.15, 0.2) is 109 Å². The topological polar surface area (TPSA) is 63.6 Å². The molecule has 0 fully saturated rings. The molecule has 2 atom stereocenters. The molecule has 1 N–H and O–H groups in total. The summed E-state index contributed by atoms with van der Waals surface area (Å²) in [6.45, 7) is 0. The highest BCUT2D eigenvalue weighted by Crippen LogP contribution is 2.45. The predicted molar refractivity (Wildman–Crippen MR) is 149 cm³/mol. The molecule has 2 unspecified atom stereocenters. The van der Waals surface area contributed by atoms with Crippen LogP contribution in [0.25, 0.3) is 10.9 Å². The fourth-order valence-corrected chi connectivity index (χ4v) is 5.41. The van der Waals surface area contributed by atoms with Crippen LogP contribution in [0, 0.1) is 0 Å². The number of rotatable bonds is 5. The number of carbonyl (C=O) groups excluding carboxylic acids is 2. The fraction of sp³-hybridized carbons (Fsp3) is 0.125. The van der Waals surface area contributed by atoms with Crippen molar-refractivity contribution in [3.63, 3.8) is 0 Å². The van der Waals surface area contributed by atoms with E-state index in [0.717, 1.165) is 27.8 Å². The highest BCUT2D eigenvalue weighted by molar-refractivity contribution is 6.05. The van der Waals surface area contributed by atoms with Crippen molar-refractivity contribution in [1.29, 1.82) is 0 Å². The number of aryl methyl sites for hydroxylation is 1. The van der Waals surface area contributed by atoms with Gasteiger partial charge in [-0.15, -0.1) is 0 Å². The maximum atomic E-state index is 14.0. The van der Waals surface area contributed by atoms with Gasteiger partial charge in [0.05, 0.1) is 12.0 Å². The fourth-order valence-electron chi connectivity index (χ4n) is 5.41. The Kier molecular flexibility index (Phi) is 5.92. The zero-order chi connectivity index (χ0) is 26.2. The third kappa shape index (κ3) is 4.10. The molecule has 0 bridgehead atoms. The summed E-state index contributed by atoms with van der Waals surface area (Å²) >= 11 is 0. The van der Waals surface area contributed by atoms with Gasteiger partial charge in [-0.1, -0.05) is 54.6 Å². The molecular weight excluding hydrogens is 474 g/mol. The lowest BCUT2D eigenvalue weighted by Crippen LogP contribution is -2.44. The van der Waals surface area contributed by atoms with Crippen LogP contribution < -0.4 is 10.1 Å². The highest BCUT2D eigenvalue weighted by atomic mass is 16.5. The highest BCUT2D eigenvalue weighted by Gasteiger charge is 2.43. The van der Waals surface area contributed by atoms with Crippen molar-refractivity contribution >= 4 is 28.4 Å². The van der Waals surface area contributed by atoms with Crippen molar-refractivity contribution < 1.29 is 14.3 Å². The number of nitrogens with one attached hydrogen (secondary N) is 1. The van der Waals surface area contributed by atoms with E-state index in [9.17, 15) is 9.59 Å². The van der Waals surface area contributed by atoms with Crippen LogP contribution >= 0.6 is 0 Å². The molecule has 2 amide bonds. The first-order valence-corrected chi connectivity index (χ1v) is 12.5. The van der Waals surface area contributed by atoms with E-state index in [1.165, 1.54) is 0 Å². The van der Waals surface area contributed by atoms with E-state index in [-0.39, 0.29) is 11.8 Å². The van der Waals surface area contributed by atoms with E-state index in [4.69, 9.17) is 4.74 Å². The molecule has 1 aromatic heterocycles. The standard InChI is InChI=1S/C32H27N3O3/c1-34-20-27(24-12-8-9-15-28(24)34)30-29(25-13-6-7-14-26(25)32(37)35(30)2)31(36)33-21-16-18-23(19-17-21)38-22-10-4-3-5-11-22/h3-20,29-30H,1-2H3,(H,33,36). The second-order valence-electron chi connectivity index (χ2n) is 9.57. The minimum Gasteiger partial charge on any atom is -0.457 e. The summed E-state index contributed by atoms with van der Waals surface area (Å²) in [5.74, 6) is 0.557. The third-order valence-corrected chi connectivity index (χ3v) is 7.21. The predicted octanol–water partition coefficient (Wildman–Crippen LogP) is 6.52. The minimum atomic E-state index is -0.597. The van der Waals surface area contributed by atoms with Crippen molar-refractivity contribution in [2.75, 3.05) is 12.4 Å². The number of ether oxygens (including phenoxy) is 1. The Morgan fingerprint density at radius 3 is 2.21 bits per heavy atom. The molecule has 4 aromatic carbocycles. The minimum absolute atomic E-state index is 0.0926. The normalized spacial score (nSPS) is 16.8. The molecule has 5 aromatic rings. The molecule has 1 aliphatic heterocycles. The Labute approximate surface area is 221 Å². The van der Waals surface area contributed by atoms with E-state index >= 15 is 0 Å². The van der Waals surface area contributed by atoms with E-state index in [1.807, 2.05) is 115 Å². The first-order valence-electron chi connectivity index (χ1n) is 12.5. The molecule has 6 rings (SSSR count). The van der Waals surface area contributed by atoms with Gasteiger partial charge in [-0.05, 0) is 54.1 Å². The van der Waals surface area contributed by atoms with E-state index in [1.54, 1.807) is 18.0 Å². The molecule has 0 spiro atoms. The number of hydrogen-bond donors (Lipinski definition) is 1. The Morgan fingerprint density at radius 2 is 1.42 bits per heavy atom. The molecule has 0 radical (unpaired) electrons. The van der Waals surface area contributed by atoms with Crippen molar-refractivity contribution in [2.45, 2.75) is 12.0 Å². The average Bonchev–Trinajstić information content (AvgIpc) is 3.28. The maximum absolute atomic E-state index is 14.0. The number of carbonyl (C=O) groups is 2. The van der Waals surface area contributed by atoms with E-state index in [0.29, 0.717) is 17.0 Å². The van der Waals surface area contributed by atoms with Crippen LogP contribution in [0.2, 0.25) is 0 Å². The molecular formula is C32H27N3O3. The molecule has 2 heterocycles. The largest absolute Gasteiger partial charge is 0.457 e. The van der Waals surface area contributed by atoms with Crippen molar-refractivity contribution in [2.24, 2.45) is 7.05 Å². The quantitative estimate of drug-likeness (QED) is 0.298. The van der Waals surface area contributed by atoms with Crippen molar-refractivity contribution in [1.82, 2.24) is 9.47 Å². The van der Waals surface area contributed by atoms with Gasteiger partial charge in [0.15, 0.2) is 0 Å². The van der Waals surface area contributed by atoms with Crippen LogP contribution in [0.1, 0.15) is 33.4 Å². The van der Waals surface area contributed by atoms with Crippen LogP contribution in [0.3, 0.4) is 0 Å². The lowest BCUT2D eigenvalue weighted by molar-refractivity contribution is -0.119. The first kappa shape index (κ1) is 23.6. The van der Waals surface area contributed by atoms with Gasteiger partial charge in [0, 0.05) is 48.0 Å².